The summed E-state index contributed by atoms with van der Waals surface area (Å²) in [5.41, 5.74) is 2.36. The first-order valence-electron chi connectivity index (χ1n) is 5.95. The zero-order chi connectivity index (χ0) is 13.0. The number of hydrogen-bond donors (Lipinski definition) is 1. The van der Waals surface area contributed by atoms with Gasteiger partial charge in [0, 0.05) is 18.8 Å². The van der Waals surface area contributed by atoms with Gasteiger partial charge in [-0.05, 0) is 19.5 Å². The Morgan fingerprint density at radius 3 is 2.61 bits per heavy atom. The number of aromatic nitrogens is 2. The van der Waals surface area contributed by atoms with E-state index in [4.69, 9.17) is 0 Å². The summed E-state index contributed by atoms with van der Waals surface area (Å²) >= 11 is 0. The summed E-state index contributed by atoms with van der Waals surface area (Å²) in [7, 11) is 1.89. The highest BCUT2D eigenvalue weighted by Crippen LogP contribution is 2.14. The first-order chi connectivity index (χ1) is 8.70. The number of nitrogens with zero attached hydrogens (tertiary/aromatic N) is 2. The minimum Gasteiger partial charge on any atom is -0.312 e. The van der Waals surface area contributed by atoms with Crippen molar-refractivity contribution in [3.63, 3.8) is 0 Å². The minimum absolute atomic E-state index is 0.0302. The van der Waals surface area contributed by atoms with Crippen LogP contribution in [0.1, 0.15) is 17.2 Å². The molecule has 94 valence electrons. The Morgan fingerprint density at radius 2 is 2.00 bits per heavy atom. The van der Waals surface area contributed by atoms with E-state index in [1.54, 1.807) is 10.9 Å². The topological polar surface area (TPSA) is 46.9 Å². The summed E-state index contributed by atoms with van der Waals surface area (Å²) in [5.74, 6) is 0. The van der Waals surface area contributed by atoms with Gasteiger partial charge < -0.3 is 5.32 Å². The number of nitrogens with one attached hydrogen (secondary N) is 1. The van der Waals surface area contributed by atoms with Gasteiger partial charge in [-0.3, -0.25) is 9.36 Å². The molecule has 2 aromatic rings. The highest BCUT2D eigenvalue weighted by Gasteiger charge is 2.10. The summed E-state index contributed by atoms with van der Waals surface area (Å²) < 4.78 is 1.61. The van der Waals surface area contributed by atoms with Crippen molar-refractivity contribution in [3.8, 4) is 0 Å². The molecule has 1 atom stereocenters. The predicted octanol–water partition coefficient (Wildman–Crippen LogP) is 1.51. The van der Waals surface area contributed by atoms with E-state index >= 15 is 0 Å². The number of likely N-dealkylation sites (N-methyl/N-ethyl adjacent to an activating group) is 1. The van der Waals surface area contributed by atoms with E-state index in [1.807, 2.05) is 7.05 Å². The Hall–Kier alpha value is -1.94. The lowest BCUT2D eigenvalue weighted by Crippen LogP contribution is -2.28. The molecule has 1 heterocycles. The molecule has 1 unspecified atom stereocenters. The van der Waals surface area contributed by atoms with Crippen LogP contribution in [0.2, 0.25) is 0 Å². The van der Waals surface area contributed by atoms with E-state index in [0.717, 1.165) is 0 Å². The van der Waals surface area contributed by atoms with Crippen LogP contribution in [0.25, 0.3) is 0 Å². The van der Waals surface area contributed by atoms with Gasteiger partial charge >= 0.3 is 0 Å². The number of rotatable bonds is 4. The Balaban J connectivity index is 2.22. The molecular formula is C14H17N3O. The second kappa shape index (κ2) is 5.60. The van der Waals surface area contributed by atoms with Crippen LogP contribution in [0.4, 0.5) is 0 Å². The molecule has 4 nitrogen and oxygen atoms in total. The summed E-state index contributed by atoms with van der Waals surface area (Å²) in [6.45, 7) is 2.63. The second-order valence-corrected chi connectivity index (χ2v) is 4.32. The highest BCUT2D eigenvalue weighted by molar-refractivity contribution is 5.24. The van der Waals surface area contributed by atoms with E-state index in [1.165, 1.54) is 23.4 Å². The standard InChI is InChI=1S/C14H17N3O/c1-11-3-5-12(6-4-11)13(15-2)9-17-10-16-8-7-14(17)18/h3-8,10,13,15H,9H2,1-2H3. The average molecular weight is 243 g/mol. The fourth-order valence-electron chi connectivity index (χ4n) is 1.87. The summed E-state index contributed by atoms with van der Waals surface area (Å²) in [5, 5.41) is 3.23. The zero-order valence-electron chi connectivity index (χ0n) is 10.6. The average Bonchev–Trinajstić information content (AvgIpc) is 2.39. The van der Waals surface area contributed by atoms with Gasteiger partial charge in [0.15, 0.2) is 0 Å². The van der Waals surface area contributed by atoms with Crippen LogP contribution in [0.3, 0.4) is 0 Å². The van der Waals surface area contributed by atoms with Crippen molar-refractivity contribution in [1.29, 1.82) is 0 Å². The Morgan fingerprint density at radius 1 is 1.28 bits per heavy atom. The van der Waals surface area contributed by atoms with Crippen molar-refractivity contribution >= 4 is 0 Å². The Bertz CT molecular complexity index is 560. The molecule has 1 aromatic carbocycles. The molecule has 4 heteroatoms. The number of benzene rings is 1. The zero-order valence-corrected chi connectivity index (χ0v) is 10.6. The Labute approximate surface area is 106 Å². The van der Waals surface area contributed by atoms with Gasteiger partial charge in [0.2, 0.25) is 0 Å². The van der Waals surface area contributed by atoms with Crippen molar-refractivity contribution in [2.45, 2.75) is 19.5 Å². The maximum atomic E-state index is 11.7. The molecule has 0 saturated carbocycles. The van der Waals surface area contributed by atoms with Gasteiger partial charge in [-0.1, -0.05) is 29.8 Å². The third-order valence-corrected chi connectivity index (χ3v) is 3.00. The van der Waals surface area contributed by atoms with Crippen molar-refractivity contribution in [3.05, 3.63) is 64.3 Å². The van der Waals surface area contributed by atoms with Gasteiger partial charge in [-0.15, -0.1) is 0 Å². The first-order valence-corrected chi connectivity index (χ1v) is 5.95. The molecule has 2 rings (SSSR count). The smallest absolute Gasteiger partial charge is 0.253 e. The first kappa shape index (κ1) is 12.5. The highest BCUT2D eigenvalue weighted by atomic mass is 16.1. The van der Waals surface area contributed by atoms with Gasteiger partial charge in [0.1, 0.15) is 0 Å². The maximum absolute atomic E-state index is 11.7. The minimum atomic E-state index is -0.0302. The summed E-state index contributed by atoms with van der Waals surface area (Å²) in [6, 6.07) is 9.89. The molecule has 0 fully saturated rings. The van der Waals surface area contributed by atoms with Crippen molar-refractivity contribution in [2.24, 2.45) is 0 Å². The number of hydrogen-bond acceptors (Lipinski definition) is 3. The van der Waals surface area contributed by atoms with Gasteiger partial charge in [-0.25, -0.2) is 4.98 Å². The molecule has 0 bridgehead atoms. The van der Waals surface area contributed by atoms with Crippen molar-refractivity contribution in [1.82, 2.24) is 14.9 Å². The van der Waals surface area contributed by atoms with Crippen LogP contribution in [-0.4, -0.2) is 16.6 Å². The van der Waals surface area contributed by atoms with Crippen LogP contribution in [0, 0.1) is 6.92 Å². The molecule has 18 heavy (non-hydrogen) atoms. The van der Waals surface area contributed by atoms with Crippen molar-refractivity contribution < 1.29 is 0 Å². The lowest BCUT2D eigenvalue weighted by Gasteiger charge is -2.17. The fraction of sp³-hybridized carbons (Fsp3) is 0.286. The molecule has 0 aliphatic rings. The molecule has 0 spiro atoms. The van der Waals surface area contributed by atoms with E-state index in [2.05, 4.69) is 41.5 Å². The molecule has 0 saturated heterocycles. The molecule has 0 aliphatic heterocycles. The van der Waals surface area contributed by atoms with Gasteiger partial charge in [-0.2, -0.15) is 0 Å². The van der Waals surface area contributed by atoms with E-state index in [-0.39, 0.29) is 11.6 Å². The quantitative estimate of drug-likeness (QED) is 0.885. The molecule has 0 radical (unpaired) electrons. The summed E-state index contributed by atoms with van der Waals surface area (Å²) in [4.78, 5) is 15.6. The predicted molar refractivity (Wildman–Crippen MR) is 71.5 cm³/mol. The van der Waals surface area contributed by atoms with Crippen molar-refractivity contribution in [2.75, 3.05) is 7.05 Å². The van der Waals surface area contributed by atoms with Gasteiger partial charge in [0.05, 0.1) is 12.4 Å². The largest absolute Gasteiger partial charge is 0.312 e. The molecule has 1 aromatic heterocycles. The van der Waals surface area contributed by atoms with Crippen LogP contribution in [0.5, 0.6) is 0 Å². The Kier molecular flexibility index (Phi) is 3.89. The third kappa shape index (κ3) is 2.84. The van der Waals surface area contributed by atoms with Crippen LogP contribution < -0.4 is 10.9 Å². The van der Waals surface area contributed by atoms with Crippen LogP contribution in [-0.2, 0) is 6.54 Å². The monoisotopic (exact) mass is 243 g/mol. The summed E-state index contributed by atoms with van der Waals surface area (Å²) in [6.07, 6.45) is 3.08. The lowest BCUT2D eigenvalue weighted by molar-refractivity contribution is 0.486. The van der Waals surface area contributed by atoms with E-state index < -0.39 is 0 Å². The fourth-order valence-corrected chi connectivity index (χ4v) is 1.87. The van der Waals surface area contributed by atoms with Gasteiger partial charge in [0.25, 0.3) is 5.56 Å². The van der Waals surface area contributed by atoms with Crippen LogP contribution in [0.15, 0.2) is 47.7 Å². The number of aryl methyl sites for hydroxylation is 1. The third-order valence-electron chi connectivity index (χ3n) is 3.00. The van der Waals surface area contributed by atoms with Crippen LogP contribution >= 0.6 is 0 Å². The maximum Gasteiger partial charge on any atom is 0.253 e. The van der Waals surface area contributed by atoms with E-state index in [0.29, 0.717) is 6.54 Å². The molecule has 0 amide bonds. The van der Waals surface area contributed by atoms with E-state index in [9.17, 15) is 4.79 Å². The molecule has 0 aliphatic carbocycles. The lowest BCUT2D eigenvalue weighted by atomic mass is 10.1. The second-order valence-electron chi connectivity index (χ2n) is 4.32. The SMILES string of the molecule is CNC(Cn1cnccc1=O)c1ccc(C)cc1. The normalized spacial score (nSPS) is 12.3. The molecular weight excluding hydrogens is 226 g/mol. The molecule has 1 N–H and O–H groups in total.